The van der Waals surface area contributed by atoms with E-state index in [1.165, 1.54) is 5.56 Å². The molecule has 0 saturated carbocycles. The topological polar surface area (TPSA) is 51.4 Å². The molecule has 2 heterocycles. The van der Waals surface area contributed by atoms with Gasteiger partial charge >= 0.3 is 0 Å². The van der Waals surface area contributed by atoms with E-state index in [4.69, 9.17) is 10.5 Å². The van der Waals surface area contributed by atoms with E-state index in [1.54, 1.807) is 6.20 Å². The number of ether oxygens (including phenoxy) is 1. The van der Waals surface area contributed by atoms with Crippen LogP contribution in [0.4, 0.5) is 5.69 Å². The van der Waals surface area contributed by atoms with Crippen molar-refractivity contribution in [1.29, 1.82) is 0 Å². The van der Waals surface area contributed by atoms with Crippen molar-refractivity contribution in [1.82, 2.24) is 9.88 Å². The molecule has 1 fully saturated rings. The van der Waals surface area contributed by atoms with Gasteiger partial charge in [-0.3, -0.25) is 4.90 Å². The summed E-state index contributed by atoms with van der Waals surface area (Å²) in [7, 11) is 0. The number of aromatic nitrogens is 1. The summed E-state index contributed by atoms with van der Waals surface area (Å²) < 4.78 is 5.92. The number of piperidine rings is 1. The van der Waals surface area contributed by atoms with E-state index in [0.29, 0.717) is 0 Å². The lowest BCUT2D eigenvalue weighted by molar-refractivity contribution is 0.0932. The van der Waals surface area contributed by atoms with Gasteiger partial charge in [0.2, 0.25) is 5.88 Å². The van der Waals surface area contributed by atoms with E-state index in [9.17, 15) is 0 Å². The van der Waals surface area contributed by atoms with Crippen LogP contribution in [0.3, 0.4) is 0 Å². The lowest BCUT2D eigenvalue weighted by Crippen LogP contribution is -2.37. The van der Waals surface area contributed by atoms with Crippen molar-refractivity contribution in [2.24, 2.45) is 0 Å². The number of likely N-dealkylation sites (tertiary alicyclic amines) is 1. The second-order valence-corrected chi connectivity index (χ2v) is 5.51. The minimum absolute atomic E-state index is 0. The zero-order chi connectivity index (χ0) is 14.5. The summed E-state index contributed by atoms with van der Waals surface area (Å²) in [4.78, 5) is 6.67. The number of halogens is 2. The Bertz CT molecular complexity index is 575. The van der Waals surface area contributed by atoms with Gasteiger partial charge in [0.05, 0.1) is 0 Å². The smallest absolute Gasteiger partial charge is 0.213 e. The highest BCUT2D eigenvalue weighted by atomic mass is 35.5. The minimum atomic E-state index is 0. The van der Waals surface area contributed by atoms with Crippen LogP contribution in [-0.2, 0) is 6.54 Å². The van der Waals surface area contributed by atoms with Gasteiger partial charge in [-0.05, 0) is 36.6 Å². The van der Waals surface area contributed by atoms with Gasteiger partial charge in [0.1, 0.15) is 6.10 Å². The van der Waals surface area contributed by atoms with Gasteiger partial charge in [0.25, 0.3) is 0 Å². The lowest BCUT2D eigenvalue weighted by Gasteiger charge is -2.31. The Hall–Kier alpha value is -1.49. The van der Waals surface area contributed by atoms with Gasteiger partial charge in [0.15, 0.2) is 0 Å². The fourth-order valence-corrected chi connectivity index (χ4v) is 2.72. The molecule has 0 spiro atoms. The van der Waals surface area contributed by atoms with E-state index < -0.39 is 0 Å². The normalized spacial score (nSPS) is 15.3. The molecule has 0 amide bonds. The van der Waals surface area contributed by atoms with E-state index in [-0.39, 0.29) is 30.9 Å². The van der Waals surface area contributed by atoms with Crippen molar-refractivity contribution in [3.63, 3.8) is 0 Å². The molecular formula is C17H23Cl2N3O. The van der Waals surface area contributed by atoms with Crippen molar-refractivity contribution in [2.45, 2.75) is 25.5 Å². The molecule has 1 aromatic carbocycles. The summed E-state index contributed by atoms with van der Waals surface area (Å²) in [5.74, 6) is 0.729. The maximum Gasteiger partial charge on any atom is 0.213 e. The first kappa shape index (κ1) is 19.6. The van der Waals surface area contributed by atoms with Crippen LogP contribution in [0.2, 0.25) is 0 Å². The summed E-state index contributed by atoms with van der Waals surface area (Å²) in [5, 5.41) is 0. The number of nitrogen functional groups attached to an aromatic ring is 1. The van der Waals surface area contributed by atoms with Crippen LogP contribution in [0.15, 0.2) is 48.7 Å². The Kier molecular flexibility index (Phi) is 8.17. The molecule has 1 aliphatic rings. The molecule has 4 nitrogen and oxygen atoms in total. The van der Waals surface area contributed by atoms with E-state index in [1.807, 2.05) is 30.3 Å². The zero-order valence-electron chi connectivity index (χ0n) is 12.9. The first-order valence-corrected chi connectivity index (χ1v) is 7.44. The number of anilines is 1. The molecule has 0 radical (unpaired) electrons. The number of nitrogens with zero attached hydrogens (tertiary/aromatic N) is 2. The summed E-state index contributed by atoms with van der Waals surface area (Å²) in [6, 6.07) is 13.9. The molecule has 3 rings (SSSR count). The van der Waals surface area contributed by atoms with Crippen LogP contribution in [0, 0.1) is 0 Å². The molecule has 1 saturated heterocycles. The maximum absolute atomic E-state index is 5.92. The molecule has 2 aromatic rings. The number of hydrogen-bond acceptors (Lipinski definition) is 4. The molecule has 2 N–H and O–H groups in total. The average molecular weight is 356 g/mol. The standard InChI is InChI=1S/C17H21N3O.2ClH/c18-15-5-3-4-14(12-15)13-20-10-7-16(8-11-20)21-17-6-1-2-9-19-17;;/h1-6,9,12,16H,7-8,10-11,13,18H2;2*1H. The highest BCUT2D eigenvalue weighted by Crippen LogP contribution is 2.19. The molecular weight excluding hydrogens is 333 g/mol. The molecule has 126 valence electrons. The Morgan fingerprint density at radius 3 is 2.52 bits per heavy atom. The maximum atomic E-state index is 5.92. The number of rotatable bonds is 4. The first-order valence-electron chi connectivity index (χ1n) is 7.44. The van der Waals surface area contributed by atoms with Crippen molar-refractivity contribution in [3.05, 3.63) is 54.2 Å². The van der Waals surface area contributed by atoms with Crippen LogP contribution >= 0.6 is 24.8 Å². The number of nitrogens with two attached hydrogens (primary N) is 1. The lowest BCUT2D eigenvalue weighted by atomic mass is 10.1. The summed E-state index contributed by atoms with van der Waals surface area (Å²) in [6.45, 7) is 3.06. The largest absolute Gasteiger partial charge is 0.474 e. The van der Waals surface area contributed by atoms with Gasteiger partial charge in [-0.25, -0.2) is 4.98 Å². The zero-order valence-corrected chi connectivity index (χ0v) is 14.6. The quantitative estimate of drug-likeness (QED) is 0.852. The average Bonchev–Trinajstić information content (AvgIpc) is 2.50. The molecule has 6 heteroatoms. The number of pyridine rings is 1. The molecule has 1 aliphatic heterocycles. The van der Waals surface area contributed by atoms with Crippen LogP contribution in [0.25, 0.3) is 0 Å². The Morgan fingerprint density at radius 1 is 1.09 bits per heavy atom. The van der Waals surface area contributed by atoms with Gasteiger partial charge in [-0.15, -0.1) is 24.8 Å². The molecule has 0 aliphatic carbocycles. The number of hydrogen-bond donors (Lipinski definition) is 1. The molecule has 0 atom stereocenters. The summed E-state index contributed by atoms with van der Waals surface area (Å²) >= 11 is 0. The van der Waals surface area contributed by atoms with Crippen molar-refractivity contribution < 1.29 is 4.74 Å². The van der Waals surface area contributed by atoms with Crippen LogP contribution in [0.5, 0.6) is 5.88 Å². The molecule has 0 unspecified atom stereocenters. The minimum Gasteiger partial charge on any atom is -0.474 e. The molecule has 1 aromatic heterocycles. The van der Waals surface area contributed by atoms with Crippen molar-refractivity contribution in [3.8, 4) is 5.88 Å². The van der Waals surface area contributed by atoms with Gasteiger partial charge in [0, 0.05) is 37.6 Å². The summed E-state index contributed by atoms with van der Waals surface area (Å²) in [6.07, 6.45) is 4.12. The Balaban J connectivity index is 0.00000132. The Morgan fingerprint density at radius 2 is 1.87 bits per heavy atom. The predicted molar refractivity (Wildman–Crippen MR) is 98.5 cm³/mol. The Labute approximate surface area is 149 Å². The second-order valence-electron chi connectivity index (χ2n) is 5.51. The third-order valence-corrected chi connectivity index (χ3v) is 3.82. The van der Waals surface area contributed by atoms with E-state index in [0.717, 1.165) is 44.0 Å². The first-order chi connectivity index (χ1) is 10.3. The van der Waals surface area contributed by atoms with Crippen LogP contribution in [0.1, 0.15) is 18.4 Å². The second kappa shape index (κ2) is 9.60. The van der Waals surface area contributed by atoms with Crippen molar-refractivity contribution >= 4 is 30.5 Å². The van der Waals surface area contributed by atoms with Crippen molar-refractivity contribution in [2.75, 3.05) is 18.8 Å². The molecule has 23 heavy (non-hydrogen) atoms. The van der Waals surface area contributed by atoms with Gasteiger partial charge < -0.3 is 10.5 Å². The van der Waals surface area contributed by atoms with E-state index in [2.05, 4.69) is 22.0 Å². The van der Waals surface area contributed by atoms with Crippen LogP contribution in [-0.4, -0.2) is 29.1 Å². The fourth-order valence-electron chi connectivity index (χ4n) is 2.72. The highest BCUT2D eigenvalue weighted by molar-refractivity contribution is 5.85. The third kappa shape index (κ3) is 5.90. The monoisotopic (exact) mass is 355 g/mol. The fraction of sp³-hybridized carbons (Fsp3) is 0.353. The summed E-state index contributed by atoms with van der Waals surface area (Å²) in [5.41, 5.74) is 7.94. The highest BCUT2D eigenvalue weighted by Gasteiger charge is 2.20. The van der Waals surface area contributed by atoms with Crippen LogP contribution < -0.4 is 10.5 Å². The SMILES string of the molecule is Cl.Cl.Nc1cccc(CN2CCC(Oc3ccccn3)CC2)c1. The van der Waals surface area contributed by atoms with Gasteiger partial charge in [-0.2, -0.15) is 0 Å². The van der Waals surface area contributed by atoms with E-state index >= 15 is 0 Å². The number of benzene rings is 1. The van der Waals surface area contributed by atoms with Gasteiger partial charge in [-0.1, -0.05) is 18.2 Å². The third-order valence-electron chi connectivity index (χ3n) is 3.82. The predicted octanol–water partition coefficient (Wildman–Crippen LogP) is 3.55. The molecule has 0 bridgehead atoms.